The van der Waals surface area contributed by atoms with Crippen molar-refractivity contribution in [2.45, 2.75) is 18.8 Å². The normalized spacial score (nSPS) is 14.6. The molecule has 0 atom stereocenters. The molecule has 1 aromatic heterocycles. The van der Waals surface area contributed by atoms with Crippen LogP contribution in [-0.4, -0.2) is 36.4 Å². The van der Waals surface area contributed by atoms with E-state index < -0.39 is 17.2 Å². The average molecular weight is 415 g/mol. The van der Waals surface area contributed by atoms with E-state index in [0.717, 1.165) is 4.73 Å². The lowest BCUT2D eigenvalue weighted by Gasteiger charge is -2.24. The van der Waals surface area contributed by atoms with E-state index in [2.05, 4.69) is 10.3 Å². The third kappa shape index (κ3) is 3.52. The van der Waals surface area contributed by atoms with Crippen molar-refractivity contribution in [3.05, 3.63) is 58.1 Å². The lowest BCUT2D eigenvalue weighted by Crippen LogP contribution is -2.35. The summed E-state index contributed by atoms with van der Waals surface area (Å²) in [6.45, 7) is 1.56. The largest absolute Gasteiger partial charge is 0.494 e. The smallest absolute Gasteiger partial charge is 0.321 e. The van der Waals surface area contributed by atoms with Gasteiger partial charge in [0, 0.05) is 5.92 Å². The molecular formula is C21H19F2N3O4. The van der Waals surface area contributed by atoms with Crippen LogP contribution in [0.15, 0.2) is 35.1 Å². The van der Waals surface area contributed by atoms with Crippen LogP contribution in [0.25, 0.3) is 22.0 Å². The molecule has 0 amide bonds. The third-order valence-electron chi connectivity index (χ3n) is 5.25. The van der Waals surface area contributed by atoms with Gasteiger partial charge in [0.2, 0.25) is 0 Å². The summed E-state index contributed by atoms with van der Waals surface area (Å²) in [6, 6.07) is 6.77. The molecule has 7 nitrogen and oxygen atoms in total. The van der Waals surface area contributed by atoms with E-state index in [1.54, 1.807) is 6.07 Å². The maximum Gasteiger partial charge on any atom is 0.321 e. The summed E-state index contributed by atoms with van der Waals surface area (Å²) in [5.41, 5.74) is -0.168. The minimum Gasteiger partial charge on any atom is -0.494 e. The minimum atomic E-state index is -0.718. The Morgan fingerprint density at radius 1 is 1.13 bits per heavy atom. The number of aromatic nitrogens is 2. The van der Waals surface area contributed by atoms with Crippen LogP contribution in [0.5, 0.6) is 5.75 Å². The summed E-state index contributed by atoms with van der Waals surface area (Å²) in [4.78, 5) is 33.3. The van der Waals surface area contributed by atoms with Gasteiger partial charge < -0.3 is 14.9 Å². The first kappa shape index (κ1) is 20.0. The van der Waals surface area contributed by atoms with E-state index >= 15 is 0 Å². The molecule has 0 bridgehead atoms. The first-order chi connectivity index (χ1) is 14.5. The summed E-state index contributed by atoms with van der Waals surface area (Å²) in [5.74, 6) is -1.22. The van der Waals surface area contributed by atoms with Gasteiger partial charge >= 0.3 is 6.47 Å². The molecule has 4 rings (SSSR count). The minimum absolute atomic E-state index is 0.0510. The predicted octanol–water partition coefficient (Wildman–Crippen LogP) is 2.40. The molecule has 0 saturated carbocycles. The maximum atomic E-state index is 15.0. The molecule has 0 unspecified atom stereocenters. The summed E-state index contributed by atoms with van der Waals surface area (Å²) in [5, 5.41) is 3.13. The van der Waals surface area contributed by atoms with E-state index in [4.69, 9.17) is 9.57 Å². The lowest BCUT2D eigenvalue weighted by molar-refractivity contribution is -0.130. The van der Waals surface area contributed by atoms with Crippen LogP contribution in [0.1, 0.15) is 24.6 Å². The lowest BCUT2D eigenvalue weighted by atomic mass is 9.96. The van der Waals surface area contributed by atoms with E-state index in [1.165, 1.54) is 31.4 Å². The van der Waals surface area contributed by atoms with Crippen LogP contribution in [0.3, 0.4) is 0 Å². The topological polar surface area (TPSA) is 82.4 Å². The number of hydrogen-bond acceptors (Lipinski definition) is 6. The van der Waals surface area contributed by atoms with Crippen molar-refractivity contribution >= 4 is 17.4 Å². The summed E-state index contributed by atoms with van der Waals surface area (Å²) >= 11 is 0. The van der Waals surface area contributed by atoms with Crippen molar-refractivity contribution in [2.75, 3.05) is 20.2 Å². The van der Waals surface area contributed by atoms with Gasteiger partial charge in [-0.05, 0) is 61.3 Å². The fourth-order valence-corrected chi connectivity index (χ4v) is 3.74. The van der Waals surface area contributed by atoms with Gasteiger partial charge in [0.25, 0.3) is 5.56 Å². The van der Waals surface area contributed by atoms with Crippen LogP contribution in [0.4, 0.5) is 8.78 Å². The number of carbonyl (C=O) groups excluding carboxylic acids is 1. The molecule has 1 N–H and O–H groups in total. The zero-order valence-corrected chi connectivity index (χ0v) is 16.2. The molecule has 30 heavy (non-hydrogen) atoms. The van der Waals surface area contributed by atoms with E-state index in [0.29, 0.717) is 31.5 Å². The molecule has 3 aromatic rings. The quantitative estimate of drug-likeness (QED) is 0.645. The number of nitrogens with one attached hydrogen (secondary N) is 1. The predicted molar refractivity (Wildman–Crippen MR) is 105 cm³/mol. The highest BCUT2D eigenvalue weighted by atomic mass is 19.1. The van der Waals surface area contributed by atoms with Gasteiger partial charge in [-0.1, -0.05) is 6.07 Å². The van der Waals surface area contributed by atoms with Gasteiger partial charge in [0.15, 0.2) is 17.4 Å². The fourth-order valence-electron chi connectivity index (χ4n) is 3.74. The number of rotatable bonds is 5. The highest BCUT2D eigenvalue weighted by Gasteiger charge is 2.25. The standard InChI is InChI=1S/C21H19F2N3O4/c1-29-18-3-2-13(9-16(18)22)14-8-15-19(17(23)10-14)25-20(12-4-6-24-7-5-12)26(21(15)28)30-11-27/h2-3,8-12,24H,4-7H2,1H3. The fraction of sp³-hybridized carbons (Fsp3) is 0.286. The second kappa shape index (κ2) is 8.19. The monoisotopic (exact) mass is 415 g/mol. The Morgan fingerprint density at radius 2 is 1.87 bits per heavy atom. The van der Waals surface area contributed by atoms with E-state index in [9.17, 15) is 18.4 Å². The molecule has 1 aliphatic rings. The molecule has 9 heteroatoms. The zero-order valence-electron chi connectivity index (χ0n) is 16.2. The summed E-state index contributed by atoms with van der Waals surface area (Å²) in [6.07, 6.45) is 1.34. The molecule has 1 aliphatic heterocycles. The van der Waals surface area contributed by atoms with Crippen molar-refractivity contribution in [1.82, 2.24) is 15.0 Å². The number of hydrogen-bond donors (Lipinski definition) is 1. The highest BCUT2D eigenvalue weighted by Crippen LogP contribution is 2.30. The molecule has 2 heterocycles. The molecular weight excluding hydrogens is 396 g/mol. The molecule has 156 valence electrons. The van der Waals surface area contributed by atoms with Gasteiger partial charge in [-0.25, -0.2) is 13.8 Å². The van der Waals surface area contributed by atoms with Crippen LogP contribution in [-0.2, 0) is 4.79 Å². The molecule has 2 aromatic carbocycles. The number of nitrogens with zero attached hydrogens (tertiary/aromatic N) is 2. The maximum absolute atomic E-state index is 15.0. The Morgan fingerprint density at radius 3 is 2.53 bits per heavy atom. The Kier molecular flexibility index (Phi) is 5.45. The van der Waals surface area contributed by atoms with Crippen molar-refractivity contribution in [3.63, 3.8) is 0 Å². The van der Waals surface area contributed by atoms with Crippen LogP contribution in [0.2, 0.25) is 0 Å². The van der Waals surface area contributed by atoms with Gasteiger partial charge in [-0.2, -0.15) is 0 Å². The second-order valence-corrected chi connectivity index (χ2v) is 7.00. The van der Waals surface area contributed by atoms with Crippen LogP contribution in [0, 0.1) is 11.6 Å². The van der Waals surface area contributed by atoms with Crippen LogP contribution < -0.4 is 20.5 Å². The van der Waals surface area contributed by atoms with Gasteiger partial charge in [0.1, 0.15) is 11.3 Å². The zero-order chi connectivity index (χ0) is 21.3. The van der Waals surface area contributed by atoms with E-state index in [-0.39, 0.29) is 40.4 Å². The highest BCUT2D eigenvalue weighted by molar-refractivity contribution is 5.84. The average Bonchev–Trinajstić information content (AvgIpc) is 2.76. The summed E-state index contributed by atoms with van der Waals surface area (Å²) < 4.78 is 34.8. The number of ether oxygens (including phenoxy) is 1. The first-order valence-electron chi connectivity index (χ1n) is 9.45. The Balaban J connectivity index is 1.90. The number of benzene rings is 2. The van der Waals surface area contributed by atoms with Crippen LogP contribution >= 0.6 is 0 Å². The second-order valence-electron chi connectivity index (χ2n) is 7.00. The van der Waals surface area contributed by atoms with Crippen molar-refractivity contribution in [1.29, 1.82) is 0 Å². The molecule has 0 radical (unpaired) electrons. The Hall–Kier alpha value is -3.33. The van der Waals surface area contributed by atoms with Crippen molar-refractivity contribution in [2.24, 2.45) is 0 Å². The van der Waals surface area contributed by atoms with Crippen molar-refractivity contribution in [3.8, 4) is 16.9 Å². The number of piperidine rings is 1. The molecule has 1 saturated heterocycles. The Labute approximate surface area is 170 Å². The number of halogens is 2. The van der Waals surface area contributed by atoms with Crippen molar-refractivity contribution < 1.29 is 23.1 Å². The number of carbonyl (C=O) groups is 1. The number of methoxy groups -OCH3 is 1. The summed E-state index contributed by atoms with van der Waals surface area (Å²) in [7, 11) is 1.34. The molecule has 1 fully saturated rings. The molecule has 0 aliphatic carbocycles. The van der Waals surface area contributed by atoms with Gasteiger partial charge in [0.05, 0.1) is 12.5 Å². The third-order valence-corrected chi connectivity index (χ3v) is 5.25. The Bertz CT molecular complexity index is 1170. The number of fused-ring (bicyclic) bond motifs is 1. The van der Waals surface area contributed by atoms with Gasteiger partial charge in [-0.3, -0.25) is 9.59 Å². The molecule has 0 spiro atoms. The SMILES string of the molecule is COc1ccc(-c2cc(F)c3nc(C4CCNCC4)n(OC=O)c(=O)c3c2)cc1F. The first-order valence-corrected chi connectivity index (χ1v) is 9.45. The van der Waals surface area contributed by atoms with Gasteiger partial charge in [-0.15, -0.1) is 4.73 Å². The van der Waals surface area contributed by atoms with E-state index in [1.807, 2.05) is 0 Å².